The highest BCUT2D eigenvalue weighted by molar-refractivity contribution is 6.30. The predicted octanol–water partition coefficient (Wildman–Crippen LogP) is 3.38. The van der Waals surface area contributed by atoms with E-state index < -0.39 is 0 Å². The van der Waals surface area contributed by atoms with Gasteiger partial charge in [-0.05, 0) is 55.6 Å². The van der Waals surface area contributed by atoms with Gasteiger partial charge in [0.05, 0.1) is 0 Å². The summed E-state index contributed by atoms with van der Waals surface area (Å²) >= 11 is 5.80. The summed E-state index contributed by atoms with van der Waals surface area (Å²) in [5, 5.41) is 3.75. The van der Waals surface area contributed by atoms with Crippen LogP contribution in [-0.4, -0.2) is 19.1 Å². The van der Waals surface area contributed by atoms with Crippen LogP contribution in [0.3, 0.4) is 0 Å². The van der Waals surface area contributed by atoms with E-state index in [-0.39, 0.29) is 11.9 Å². The fourth-order valence-electron chi connectivity index (χ4n) is 1.79. The first-order chi connectivity index (χ1) is 8.97. The van der Waals surface area contributed by atoms with Crippen LogP contribution in [0, 0.1) is 18.2 Å². The summed E-state index contributed by atoms with van der Waals surface area (Å²) < 4.78 is 13.1. The molecule has 0 aliphatic heterocycles. The normalized spacial score (nSPS) is 12.9. The molecule has 19 heavy (non-hydrogen) atoms. The lowest BCUT2D eigenvalue weighted by atomic mass is 10.0. The summed E-state index contributed by atoms with van der Waals surface area (Å²) in [4.78, 5) is 0. The smallest absolute Gasteiger partial charge is 0.124 e. The standard InChI is InChI=1S/C15H23ClFN2/c1-11(2)3-5-19-6-4-15(18)9-12-7-13(16)10-14(17)8-12/h7-11,15,19H,3-6,18H2,1-2H3/t15-/m1/s1. The average molecular weight is 286 g/mol. The van der Waals surface area contributed by atoms with Crippen molar-refractivity contribution in [1.29, 1.82) is 0 Å². The van der Waals surface area contributed by atoms with Crippen LogP contribution in [-0.2, 0) is 0 Å². The van der Waals surface area contributed by atoms with E-state index in [1.807, 2.05) is 6.42 Å². The van der Waals surface area contributed by atoms with Crippen molar-refractivity contribution in [1.82, 2.24) is 5.32 Å². The van der Waals surface area contributed by atoms with Crippen LogP contribution in [0.2, 0.25) is 5.02 Å². The Morgan fingerprint density at radius 2 is 1.95 bits per heavy atom. The molecule has 1 radical (unpaired) electrons. The minimum absolute atomic E-state index is 0.0931. The Hall–Kier alpha value is -0.640. The highest BCUT2D eigenvalue weighted by atomic mass is 35.5. The van der Waals surface area contributed by atoms with E-state index in [1.54, 1.807) is 6.07 Å². The van der Waals surface area contributed by atoms with Crippen LogP contribution in [0.4, 0.5) is 4.39 Å². The van der Waals surface area contributed by atoms with Gasteiger partial charge in [0.25, 0.3) is 0 Å². The zero-order valence-electron chi connectivity index (χ0n) is 11.6. The number of rotatable bonds is 8. The molecular formula is C15H23ClFN2. The van der Waals surface area contributed by atoms with E-state index in [0.717, 1.165) is 25.1 Å². The highest BCUT2D eigenvalue weighted by Crippen LogP contribution is 2.16. The van der Waals surface area contributed by atoms with Gasteiger partial charge in [0.1, 0.15) is 5.82 Å². The van der Waals surface area contributed by atoms with Gasteiger partial charge in [0.15, 0.2) is 0 Å². The van der Waals surface area contributed by atoms with E-state index in [9.17, 15) is 4.39 Å². The molecule has 0 amide bonds. The van der Waals surface area contributed by atoms with Gasteiger partial charge in [0.2, 0.25) is 0 Å². The van der Waals surface area contributed by atoms with E-state index in [2.05, 4.69) is 19.2 Å². The minimum Gasteiger partial charge on any atom is -0.327 e. The highest BCUT2D eigenvalue weighted by Gasteiger charge is 2.06. The third kappa shape index (κ3) is 7.51. The van der Waals surface area contributed by atoms with Crippen LogP contribution in [0.1, 0.15) is 32.3 Å². The molecule has 0 aliphatic rings. The zero-order chi connectivity index (χ0) is 14.3. The third-order valence-corrected chi connectivity index (χ3v) is 3.06. The molecule has 2 nitrogen and oxygen atoms in total. The second-order valence-corrected chi connectivity index (χ2v) is 5.69. The number of benzene rings is 1. The van der Waals surface area contributed by atoms with Gasteiger partial charge in [-0.3, -0.25) is 0 Å². The lowest BCUT2D eigenvalue weighted by Crippen LogP contribution is -2.28. The predicted molar refractivity (Wildman–Crippen MR) is 79.7 cm³/mol. The summed E-state index contributed by atoms with van der Waals surface area (Å²) in [7, 11) is 0. The second-order valence-electron chi connectivity index (χ2n) is 5.25. The Morgan fingerprint density at radius 1 is 1.26 bits per heavy atom. The van der Waals surface area contributed by atoms with Crippen molar-refractivity contribution in [3.05, 3.63) is 41.0 Å². The van der Waals surface area contributed by atoms with Crippen molar-refractivity contribution in [3.8, 4) is 0 Å². The first-order valence-electron chi connectivity index (χ1n) is 6.74. The number of hydrogen-bond acceptors (Lipinski definition) is 2. The van der Waals surface area contributed by atoms with Crippen molar-refractivity contribution < 1.29 is 4.39 Å². The molecule has 4 heteroatoms. The zero-order valence-corrected chi connectivity index (χ0v) is 12.4. The molecule has 0 unspecified atom stereocenters. The molecule has 1 aromatic carbocycles. The molecule has 1 atom stereocenters. The maximum atomic E-state index is 13.1. The van der Waals surface area contributed by atoms with Crippen LogP contribution in [0.5, 0.6) is 0 Å². The molecule has 0 saturated heterocycles. The number of nitrogens with one attached hydrogen (secondary N) is 1. The van der Waals surface area contributed by atoms with Crippen molar-refractivity contribution in [2.75, 3.05) is 13.1 Å². The van der Waals surface area contributed by atoms with Crippen molar-refractivity contribution in [3.63, 3.8) is 0 Å². The Balaban J connectivity index is 2.25. The molecular weight excluding hydrogens is 263 g/mol. The van der Waals surface area contributed by atoms with Gasteiger partial charge < -0.3 is 11.1 Å². The number of halogens is 2. The van der Waals surface area contributed by atoms with E-state index in [1.165, 1.54) is 18.6 Å². The van der Waals surface area contributed by atoms with Crippen LogP contribution in [0.15, 0.2) is 18.2 Å². The summed E-state index contributed by atoms with van der Waals surface area (Å²) in [6, 6.07) is 4.36. The van der Waals surface area contributed by atoms with E-state index in [0.29, 0.717) is 10.9 Å². The first-order valence-corrected chi connectivity index (χ1v) is 7.12. The molecule has 1 rings (SSSR count). The molecule has 0 bridgehead atoms. The Labute approximate surface area is 120 Å². The lowest BCUT2D eigenvalue weighted by Gasteiger charge is -2.13. The molecule has 3 N–H and O–H groups in total. The molecule has 107 valence electrons. The minimum atomic E-state index is -0.332. The van der Waals surface area contributed by atoms with Gasteiger partial charge in [0, 0.05) is 17.5 Å². The van der Waals surface area contributed by atoms with Crippen LogP contribution >= 0.6 is 11.6 Å². The van der Waals surface area contributed by atoms with Crippen molar-refractivity contribution in [2.45, 2.75) is 32.7 Å². The summed E-state index contributed by atoms with van der Waals surface area (Å²) in [5.74, 6) is 0.378. The maximum Gasteiger partial charge on any atom is 0.124 e. The first kappa shape index (κ1) is 16.4. The fourth-order valence-corrected chi connectivity index (χ4v) is 2.02. The van der Waals surface area contributed by atoms with Crippen molar-refractivity contribution >= 4 is 11.6 Å². The topological polar surface area (TPSA) is 38.0 Å². The Morgan fingerprint density at radius 3 is 2.58 bits per heavy atom. The fraction of sp³-hybridized carbons (Fsp3) is 0.533. The number of nitrogens with two attached hydrogens (primary N) is 1. The molecule has 0 fully saturated rings. The van der Waals surface area contributed by atoms with Gasteiger partial charge in [-0.2, -0.15) is 0 Å². The molecule has 1 aromatic rings. The van der Waals surface area contributed by atoms with Gasteiger partial charge >= 0.3 is 0 Å². The Bertz CT molecular complexity index is 362. The number of hydrogen-bond donors (Lipinski definition) is 2. The summed E-state index contributed by atoms with van der Waals surface area (Å²) in [6.07, 6.45) is 3.84. The third-order valence-electron chi connectivity index (χ3n) is 2.84. The van der Waals surface area contributed by atoms with E-state index in [4.69, 9.17) is 17.3 Å². The summed E-state index contributed by atoms with van der Waals surface area (Å²) in [5.41, 5.74) is 6.72. The van der Waals surface area contributed by atoms with Crippen LogP contribution in [0.25, 0.3) is 0 Å². The van der Waals surface area contributed by atoms with Gasteiger partial charge in [-0.15, -0.1) is 0 Å². The molecule has 0 saturated carbocycles. The van der Waals surface area contributed by atoms with E-state index >= 15 is 0 Å². The Kier molecular flexibility index (Phi) is 7.36. The summed E-state index contributed by atoms with van der Waals surface area (Å²) in [6.45, 7) is 6.29. The maximum absolute atomic E-state index is 13.1. The lowest BCUT2D eigenvalue weighted by molar-refractivity contribution is 0.522. The largest absolute Gasteiger partial charge is 0.327 e. The quantitative estimate of drug-likeness (QED) is 0.719. The molecule has 0 heterocycles. The molecule has 0 spiro atoms. The SMILES string of the molecule is CC(C)CCNCC[C@@H](N)[CH]c1cc(F)cc(Cl)c1. The van der Waals surface area contributed by atoms with Gasteiger partial charge in [-0.25, -0.2) is 4.39 Å². The molecule has 0 aliphatic carbocycles. The monoisotopic (exact) mass is 285 g/mol. The average Bonchev–Trinajstić information content (AvgIpc) is 2.26. The van der Waals surface area contributed by atoms with Gasteiger partial charge in [-0.1, -0.05) is 25.4 Å². The van der Waals surface area contributed by atoms with Crippen molar-refractivity contribution in [2.24, 2.45) is 11.7 Å². The second kappa shape index (κ2) is 8.51. The molecule has 0 aromatic heterocycles. The van der Waals surface area contributed by atoms with Crippen LogP contribution < -0.4 is 11.1 Å².